The molecule has 8 aromatic rings. The van der Waals surface area contributed by atoms with Gasteiger partial charge in [0.2, 0.25) is 0 Å². The molecule has 0 aliphatic carbocycles. The second kappa shape index (κ2) is 55.3. The summed E-state index contributed by atoms with van der Waals surface area (Å²) in [6, 6.07) is 47.4. The van der Waals surface area contributed by atoms with Crippen molar-refractivity contribution in [3.05, 3.63) is 280 Å². The molecule has 0 radical (unpaired) electrons. The van der Waals surface area contributed by atoms with Crippen LogP contribution in [0.4, 0.5) is 35.9 Å². The number of hydrogen-bond acceptors (Lipinski definition) is 20. The smallest absolute Gasteiger partial charge is 0.870 e. The number of carbonyl (C=O) groups excluding carboxylic acids is 10. The first kappa shape index (κ1) is 118. The summed E-state index contributed by atoms with van der Waals surface area (Å²) in [5.74, 6) is -4.87. The number of alkyl halides is 6. The van der Waals surface area contributed by atoms with Crippen LogP contribution in [0.2, 0.25) is 0 Å². The fourth-order valence-electron chi connectivity index (χ4n) is 17.3. The third-order valence-electron chi connectivity index (χ3n) is 25.5. The van der Waals surface area contributed by atoms with Crippen LogP contribution in [0.1, 0.15) is 212 Å². The average Bonchev–Trinajstić information content (AvgIpc) is 1.85. The van der Waals surface area contributed by atoms with E-state index in [-0.39, 0.29) is 92.1 Å². The zero-order valence-corrected chi connectivity index (χ0v) is 85.4. The van der Waals surface area contributed by atoms with Crippen LogP contribution in [0.25, 0.3) is 0 Å². The van der Waals surface area contributed by atoms with E-state index in [4.69, 9.17) is 24.1 Å². The van der Waals surface area contributed by atoms with Crippen molar-refractivity contribution in [2.24, 2.45) is 0 Å². The van der Waals surface area contributed by atoms with Crippen LogP contribution in [-0.2, 0) is 136 Å². The molecule has 8 aliphatic heterocycles. The maximum atomic E-state index is 12.4. The van der Waals surface area contributed by atoms with E-state index in [9.17, 15) is 79.1 Å². The van der Waals surface area contributed by atoms with E-state index in [0.717, 1.165) is 176 Å². The van der Waals surface area contributed by atoms with Gasteiger partial charge in [-0.05, 0) is 331 Å². The predicted octanol–water partition coefficient (Wildman–Crippen LogP) is 12.6. The molecule has 33 heteroatoms. The first-order valence-electron chi connectivity index (χ1n) is 48.0. The summed E-state index contributed by atoms with van der Waals surface area (Å²) in [4.78, 5) is 139. The number of Topliss-reactive ketones (excluding diaryl/α,β-unsaturated/α-hetero) is 2. The van der Waals surface area contributed by atoms with Gasteiger partial charge >= 0.3 is 73.1 Å². The maximum Gasteiger partial charge on any atom is 1.00 e. The second-order valence-corrected chi connectivity index (χ2v) is 38.5. The van der Waals surface area contributed by atoms with E-state index < -0.39 is 41.3 Å². The van der Waals surface area contributed by atoms with Crippen molar-refractivity contribution >= 4 is 65.7 Å². The second-order valence-electron chi connectivity index (χ2n) is 38.5. The van der Waals surface area contributed by atoms with Gasteiger partial charge < -0.3 is 78.8 Å². The van der Waals surface area contributed by atoms with Crippen LogP contribution >= 0.6 is 0 Å². The summed E-state index contributed by atoms with van der Waals surface area (Å²) < 4.78 is 94.4. The number of carbonyl (C=O) groups is 10. The molecule has 0 bridgehead atoms. The molecule has 8 heterocycles. The minimum atomic E-state index is -4.83. The van der Waals surface area contributed by atoms with Gasteiger partial charge in [0.25, 0.3) is 5.91 Å². The minimum absolute atomic E-state index is 0. The topological polar surface area (TPSA) is 313 Å². The van der Waals surface area contributed by atoms with Crippen LogP contribution in [0.3, 0.4) is 0 Å². The van der Waals surface area contributed by atoms with Crippen molar-refractivity contribution in [1.29, 1.82) is 0 Å². The summed E-state index contributed by atoms with van der Waals surface area (Å²) in [6.07, 6.45) is 4.72. The molecule has 0 fully saturated rings. The predicted molar refractivity (Wildman–Crippen MR) is 531 cm³/mol. The number of methoxy groups -OCH3 is 2. The van der Waals surface area contributed by atoms with Gasteiger partial charge in [0.15, 0.2) is 11.6 Å². The number of nitrogens with zero attached hydrogens (tertiary/aromatic N) is 8. The van der Waals surface area contributed by atoms with Crippen molar-refractivity contribution in [2.45, 2.75) is 182 Å². The molecule has 8 aliphatic rings. The van der Waals surface area contributed by atoms with Crippen molar-refractivity contribution in [1.82, 2.24) is 44.5 Å². The standard InChI is InChI=1S/C17H23NO3.C16H21NO4.C14H14F3NO2.C14H20N2O.C13H17NO2.C12H12F3NO.C12H15NO2.C12H14NO.Li.H2O/c1-12(19)14-6-5-13-7-9-18(10-8-15(13)11-14)16(20)21-17(2,3)4;1-16(2,3)21-15(20)17-8-6-11-4-5-13(14(18)19)10-12(11)7-9-17;1-9(19)11-3-2-10-4-6-18(7-5-12(10)8-11)13(20)14(15,16)17;1-15(2)14(17)13-5-4-11-6-8-16(3)9-7-12(11)10-13;1-14-7-5-10-3-4-12(13(15)16-2)9-11(10)6-8-14;13-12(14,15)11(17)16-7-5-9-3-1-2-4-10(9)6-8-16;1-15-12(14)11-3-2-9-4-6-13-7-5-10(9)8-11;1-13-6-4-11-3-2-10(9-14)8-12(11)5-7-13;;/h5-6,11H,7-10H2,1-4H3;4-5,10H,6-9H2,1-3H3,(H,18,19);2-3,8H,4-7H2,1H3;4-5,10H,6-9H2,1-3H3;3-4,9H,5-8H2,1-2H3;1-4H,5-8H2;2-3,8,13H,4-7H2,1H3;2-3,8H,4-7H2,1H3;;1H2/q;;;;;;;-1;+1;/p-1. The molecule has 0 saturated heterocycles. The Morgan fingerprint density at radius 3 is 0.895 bits per heavy atom. The fraction of sp³-hybridized carbons (Fsp3) is 0.464. The number of likely N-dealkylation sites (N-methyl/N-ethyl adjacent to an activating group) is 3. The number of carboxylic acid groups (broad SMARTS) is 1. The number of fused-ring (bicyclic) bond motifs is 8. The monoisotopic (exact) mass is 1980 g/mol. The number of nitrogens with one attached hydrogen (secondary N) is 1. The molecule has 5 amide bonds. The molecule has 768 valence electrons. The number of aromatic carboxylic acids is 1. The van der Waals surface area contributed by atoms with E-state index in [1.54, 1.807) is 66.1 Å². The number of ether oxygens (including phenoxy) is 4. The van der Waals surface area contributed by atoms with Gasteiger partial charge in [0.1, 0.15) is 11.2 Å². The molecule has 0 atom stereocenters. The van der Waals surface area contributed by atoms with Gasteiger partial charge in [-0.15, -0.1) is 6.07 Å². The molecule has 143 heavy (non-hydrogen) atoms. The van der Waals surface area contributed by atoms with Crippen molar-refractivity contribution < 1.29 is 127 Å². The van der Waals surface area contributed by atoms with E-state index in [1.165, 1.54) is 71.2 Å². The Morgan fingerprint density at radius 1 is 0.343 bits per heavy atom. The summed E-state index contributed by atoms with van der Waals surface area (Å²) in [7, 11) is 12.8. The number of ketones is 2. The molecule has 0 spiro atoms. The Kier molecular flexibility index (Phi) is 45.6. The van der Waals surface area contributed by atoms with Crippen LogP contribution in [0.15, 0.2) is 152 Å². The first-order valence-corrected chi connectivity index (χ1v) is 48.0. The molecule has 0 unspecified atom stereocenters. The van der Waals surface area contributed by atoms with Gasteiger partial charge in [-0.2, -0.15) is 44.0 Å². The Balaban J connectivity index is 0.000000222. The van der Waals surface area contributed by atoms with Crippen LogP contribution < -0.4 is 24.2 Å². The van der Waals surface area contributed by atoms with Gasteiger partial charge in [0.05, 0.1) is 37.2 Å². The first-order chi connectivity index (χ1) is 66.7. The normalized spacial score (nSPS) is 15.6. The number of carboxylic acids is 1. The molecule has 16 rings (SSSR count). The molecular weight excluding hydrogens is 1840 g/mol. The molecule has 8 aromatic carbocycles. The summed E-state index contributed by atoms with van der Waals surface area (Å²) in [5.41, 5.74) is 22.3. The van der Waals surface area contributed by atoms with E-state index >= 15 is 0 Å². The number of hydrogen-bond donors (Lipinski definition) is 2. The van der Waals surface area contributed by atoms with Crippen LogP contribution in [0, 0.1) is 0 Å². The Bertz CT molecular complexity index is 5590. The Morgan fingerprint density at radius 2 is 0.587 bits per heavy atom. The summed E-state index contributed by atoms with van der Waals surface area (Å²) >= 11 is 0. The van der Waals surface area contributed by atoms with E-state index in [2.05, 4.69) is 65.4 Å². The van der Waals surface area contributed by atoms with Gasteiger partial charge in [-0.3, -0.25) is 24.0 Å². The van der Waals surface area contributed by atoms with Crippen LogP contribution in [-0.4, -0.2) is 293 Å². The van der Waals surface area contributed by atoms with Crippen LogP contribution in [0.5, 0.6) is 0 Å². The Hall–Kier alpha value is -11.9. The number of halogens is 6. The SMILES string of the molecule is CC(=O)c1ccc2c(c1)CCN(C(=O)C(F)(F)F)CC2.CC(=O)c1ccc2c(c1)CCN(C(=O)OC(C)(C)C)CC2.CC(C)(C)OC(=O)N1CCc2ccc(C(=O)O)cc2CC1.CN1CCc2ccc(C(=O)N(C)C)cc2CC1.CN1CCc2ccc([C-]=O)cc2CC1.COC(=O)c1ccc2c(c1)CCN(C)CC2.COC(=O)c1ccc2c(c1)CCNCC2.O=C(N1CCc2ccccc2CC1)C(F)(F)F.[Li+].[OH-]. The molecule has 0 aromatic heterocycles. The Labute approximate surface area is 848 Å². The molecule has 3 N–H and O–H groups in total. The zero-order chi connectivity index (χ0) is 103. The minimum Gasteiger partial charge on any atom is -0.870 e. The van der Waals surface area contributed by atoms with Crippen molar-refractivity contribution in [3.8, 4) is 0 Å². The zero-order valence-electron chi connectivity index (χ0n) is 85.4. The average molecular weight is 1980 g/mol. The number of benzene rings is 8. The quantitative estimate of drug-likeness (QED) is 0.0374. The van der Waals surface area contributed by atoms with Gasteiger partial charge in [-0.25, -0.2) is 24.0 Å². The van der Waals surface area contributed by atoms with Gasteiger partial charge in [-0.1, -0.05) is 83.9 Å². The fourth-order valence-corrected chi connectivity index (χ4v) is 17.3. The number of amides is 5. The molecule has 0 saturated carbocycles. The third kappa shape index (κ3) is 37.0. The van der Waals surface area contributed by atoms with Crippen molar-refractivity contribution in [2.75, 3.05) is 154 Å². The summed E-state index contributed by atoms with van der Waals surface area (Å²) in [6.45, 7) is 25.4. The summed E-state index contributed by atoms with van der Waals surface area (Å²) in [5, 5.41) is 12.4. The maximum absolute atomic E-state index is 12.4. The number of rotatable bonds is 7. The van der Waals surface area contributed by atoms with Crippen molar-refractivity contribution in [3.63, 3.8) is 0 Å². The molecular formula is C110H137F6LiN9O17-. The molecule has 26 nitrogen and oxygen atoms in total. The van der Waals surface area contributed by atoms with E-state index in [1.807, 2.05) is 145 Å². The third-order valence-corrected chi connectivity index (χ3v) is 25.5. The number of esters is 2. The largest absolute Gasteiger partial charge is 1.00 e. The van der Waals surface area contributed by atoms with E-state index in [0.29, 0.717) is 92.5 Å². The van der Waals surface area contributed by atoms with Gasteiger partial charge in [0, 0.05) is 122 Å².